The Morgan fingerprint density at radius 1 is 1.04 bits per heavy atom. The molecule has 0 aliphatic carbocycles. The van der Waals surface area contributed by atoms with Crippen LogP contribution in [-0.2, 0) is 25.8 Å². The largest absolute Gasteiger partial charge is 0.461 e. The number of esters is 1. The van der Waals surface area contributed by atoms with E-state index in [1.165, 1.54) is 6.92 Å². The Balaban J connectivity index is 2.41. The van der Waals surface area contributed by atoms with Crippen LogP contribution in [-0.4, -0.2) is 25.2 Å². The molecule has 4 nitrogen and oxygen atoms in total. The van der Waals surface area contributed by atoms with Gasteiger partial charge in [0.15, 0.2) is 9.84 Å². The Kier molecular flexibility index (Phi) is 7.19. The molecule has 2 aromatic carbocycles. The third-order valence-electron chi connectivity index (χ3n) is 4.94. The maximum atomic E-state index is 13.5. The second-order valence-corrected chi connectivity index (χ2v) is 9.41. The molecule has 0 saturated carbocycles. The van der Waals surface area contributed by atoms with Crippen molar-refractivity contribution in [3.63, 3.8) is 0 Å². The van der Waals surface area contributed by atoms with E-state index < -0.39 is 26.7 Å². The molecule has 0 heterocycles. The first kappa shape index (κ1) is 21.2. The topological polar surface area (TPSA) is 60.4 Å². The smallest absolute Gasteiger partial charge is 0.302 e. The van der Waals surface area contributed by atoms with E-state index >= 15 is 0 Å². The van der Waals surface area contributed by atoms with Gasteiger partial charge < -0.3 is 4.74 Å². The normalized spacial score (nSPS) is 14.9. The second kappa shape index (κ2) is 9.18. The number of benzene rings is 2. The van der Waals surface area contributed by atoms with Gasteiger partial charge in [-0.15, -0.1) is 0 Å². The zero-order valence-electron chi connectivity index (χ0n) is 16.2. The number of carbonyl (C=O) groups excluding carboxylic acids is 1. The fraction of sp³-hybridized carbons (Fsp3) is 0.409. The summed E-state index contributed by atoms with van der Waals surface area (Å²) < 4.78 is 31.4. The van der Waals surface area contributed by atoms with E-state index in [4.69, 9.17) is 4.74 Å². The molecule has 0 spiro atoms. The van der Waals surface area contributed by atoms with Crippen LogP contribution in [0.3, 0.4) is 0 Å². The molecule has 0 N–H and O–H groups in total. The third kappa shape index (κ3) is 4.98. The number of sulfone groups is 1. The van der Waals surface area contributed by atoms with Gasteiger partial charge in [0, 0.05) is 6.92 Å². The van der Waals surface area contributed by atoms with Crippen LogP contribution in [0.25, 0.3) is 0 Å². The van der Waals surface area contributed by atoms with E-state index in [0.29, 0.717) is 25.7 Å². The lowest BCUT2D eigenvalue weighted by molar-refractivity contribution is -0.148. The number of ether oxygens (including phenoxy) is 1. The summed E-state index contributed by atoms with van der Waals surface area (Å²) in [7, 11) is -3.69. The van der Waals surface area contributed by atoms with E-state index in [-0.39, 0.29) is 4.90 Å². The minimum Gasteiger partial charge on any atom is -0.461 e. The van der Waals surface area contributed by atoms with E-state index in [9.17, 15) is 13.2 Å². The van der Waals surface area contributed by atoms with Crippen molar-refractivity contribution in [2.45, 2.75) is 62.2 Å². The molecule has 0 aliphatic rings. The molecule has 2 unspecified atom stereocenters. The van der Waals surface area contributed by atoms with Crippen molar-refractivity contribution >= 4 is 15.8 Å². The molecule has 5 heteroatoms. The quantitative estimate of drug-likeness (QED) is 0.590. The summed E-state index contributed by atoms with van der Waals surface area (Å²) in [6, 6.07) is 18.2. The van der Waals surface area contributed by atoms with Gasteiger partial charge in [0.25, 0.3) is 0 Å². The molecule has 0 radical (unpaired) electrons. The monoisotopic (exact) mass is 388 g/mol. The maximum absolute atomic E-state index is 13.5. The van der Waals surface area contributed by atoms with Crippen molar-refractivity contribution in [2.75, 3.05) is 0 Å². The first-order valence-electron chi connectivity index (χ1n) is 9.32. The molecule has 146 valence electrons. The maximum Gasteiger partial charge on any atom is 0.302 e. The van der Waals surface area contributed by atoms with Gasteiger partial charge in [0.2, 0.25) is 0 Å². The molecule has 0 aliphatic heterocycles. The number of carbonyl (C=O) groups is 1. The molecule has 0 amide bonds. The summed E-state index contributed by atoms with van der Waals surface area (Å²) in [5.41, 5.74) is 1.09. The van der Waals surface area contributed by atoms with Gasteiger partial charge in [0.05, 0.1) is 4.90 Å². The van der Waals surface area contributed by atoms with E-state index in [1.807, 2.05) is 37.3 Å². The lowest BCUT2D eigenvalue weighted by Crippen LogP contribution is -2.49. The number of aryl methyl sites for hydroxylation is 1. The summed E-state index contributed by atoms with van der Waals surface area (Å²) in [4.78, 5) is 12.0. The lowest BCUT2D eigenvalue weighted by Gasteiger charge is -2.36. The Hall–Kier alpha value is -2.14. The average molecular weight is 389 g/mol. The highest BCUT2D eigenvalue weighted by Gasteiger charge is 2.47. The molecule has 0 saturated heterocycles. The molecule has 2 aromatic rings. The SMILES string of the molecule is CCCC(C)(C(CCc1ccccc1)OC(C)=O)S(=O)(=O)c1ccccc1. The third-order valence-corrected chi connectivity index (χ3v) is 7.53. The first-order chi connectivity index (χ1) is 12.8. The van der Waals surface area contributed by atoms with Gasteiger partial charge >= 0.3 is 5.97 Å². The molecule has 27 heavy (non-hydrogen) atoms. The van der Waals surface area contributed by atoms with Crippen LogP contribution >= 0.6 is 0 Å². The highest BCUT2D eigenvalue weighted by molar-refractivity contribution is 7.92. The number of hydrogen-bond donors (Lipinski definition) is 0. The number of hydrogen-bond acceptors (Lipinski definition) is 4. The molecule has 0 fully saturated rings. The molecule has 0 bridgehead atoms. The molecule has 2 atom stereocenters. The van der Waals surface area contributed by atoms with E-state index in [2.05, 4.69) is 0 Å². The van der Waals surface area contributed by atoms with Crippen LogP contribution in [0.4, 0.5) is 0 Å². The van der Waals surface area contributed by atoms with Crippen LogP contribution in [0, 0.1) is 0 Å². The van der Waals surface area contributed by atoms with Gasteiger partial charge in [-0.3, -0.25) is 4.79 Å². The summed E-state index contributed by atoms with van der Waals surface area (Å²) in [6.07, 6.45) is 1.46. The van der Waals surface area contributed by atoms with Crippen molar-refractivity contribution in [1.82, 2.24) is 0 Å². The molecule has 2 rings (SSSR count). The number of rotatable bonds is 9. The Morgan fingerprint density at radius 3 is 2.11 bits per heavy atom. The van der Waals surface area contributed by atoms with Gasteiger partial charge in [-0.2, -0.15) is 0 Å². The van der Waals surface area contributed by atoms with Crippen LogP contribution in [0.2, 0.25) is 0 Å². The summed E-state index contributed by atoms with van der Waals surface area (Å²) in [6.45, 7) is 4.98. The lowest BCUT2D eigenvalue weighted by atomic mass is 9.93. The second-order valence-electron chi connectivity index (χ2n) is 7.00. The van der Waals surface area contributed by atoms with Gasteiger partial charge in [-0.05, 0) is 43.9 Å². The summed E-state index contributed by atoms with van der Waals surface area (Å²) in [5, 5.41) is 0. The van der Waals surface area contributed by atoms with Gasteiger partial charge in [-0.25, -0.2) is 8.42 Å². The van der Waals surface area contributed by atoms with Crippen molar-refractivity contribution in [1.29, 1.82) is 0 Å². The zero-order valence-corrected chi connectivity index (χ0v) is 17.0. The fourth-order valence-electron chi connectivity index (χ4n) is 3.47. The first-order valence-corrected chi connectivity index (χ1v) is 10.8. The van der Waals surface area contributed by atoms with Crippen molar-refractivity contribution in [3.05, 3.63) is 66.2 Å². The van der Waals surface area contributed by atoms with Crippen LogP contribution < -0.4 is 0 Å². The Labute approximate surface area is 162 Å². The molecular formula is C22H28O4S. The van der Waals surface area contributed by atoms with Gasteiger partial charge in [0.1, 0.15) is 10.9 Å². The van der Waals surface area contributed by atoms with Crippen LogP contribution in [0.15, 0.2) is 65.6 Å². The van der Waals surface area contributed by atoms with E-state index in [1.54, 1.807) is 37.3 Å². The highest BCUT2D eigenvalue weighted by atomic mass is 32.2. The average Bonchev–Trinajstić information content (AvgIpc) is 2.66. The highest BCUT2D eigenvalue weighted by Crippen LogP contribution is 2.36. The Bertz CT molecular complexity index is 831. The van der Waals surface area contributed by atoms with E-state index in [0.717, 1.165) is 5.56 Å². The van der Waals surface area contributed by atoms with Crippen molar-refractivity contribution in [3.8, 4) is 0 Å². The van der Waals surface area contributed by atoms with Gasteiger partial charge in [-0.1, -0.05) is 61.9 Å². The van der Waals surface area contributed by atoms with Crippen molar-refractivity contribution < 1.29 is 17.9 Å². The predicted octanol–water partition coefficient (Wildman–Crippen LogP) is 4.58. The Morgan fingerprint density at radius 2 is 1.59 bits per heavy atom. The molecular weight excluding hydrogens is 360 g/mol. The minimum absolute atomic E-state index is 0.262. The summed E-state index contributed by atoms with van der Waals surface area (Å²) >= 11 is 0. The van der Waals surface area contributed by atoms with Crippen LogP contribution in [0.1, 0.15) is 45.6 Å². The zero-order chi connectivity index (χ0) is 19.9. The minimum atomic E-state index is -3.69. The fourth-order valence-corrected chi connectivity index (χ4v) is 5.50. The van der Waals surface area contributed by atoms with Crippen LogP contribution in [0.5, 0.6) is 0 Å². The van der Waals surface area contributed by atoms with Crippen molar-refractivity contribution in [2.24, 2.45) is 0 Å². The molecule has 0 aromatic heterocycles. The predicted molar refractivity (Wildman–Crippen MR) is 107 cm³/mol. The standard InChI is InChI=1S/C22H28O4S/c1-4-17-22(3,27(24,25)20-13-9-6-10-14-20)21(26-18(2)23)16-15-19-11-7-5-8-12-19/h5-14,21H,4,15-17H2,1-3H3. The summed E-state index contributed by atoms with van der Waals surface area (Å²) in [5.74, 6) is -0.460.